The smallest absolute Gasteiger partial charge is 0.267 e. The zero-order valence-corrected chi connectivity index (χ0v) is 18.1. The summed E-state index contributed by atoms with van der Waals surface area (Å²) in [6.45, 7) is 14.1. The van der Waals surface area contributed by atoms with Gasteiger partial charge in [-0.1, -0.05) is 57.0 Å². The quantitative estimate of drug-likeness (QED) is 0.751. The fourth-order valence-corrected chi connectivity index (χ4v) is 3.01. The molecule has 4 nitrogen and oxygen atoms in total. The number of hydrogen-bond acceptors (Lipinski definition) is 2. The molecule has 2 aromatic rings. The molecule has 0 saturated heterocycles. The van der Waals surface area contributed by atoms with Crippen LogP contribution in [0.4, 0.5) is 0 Å². The van der Waals surface area contributed by atoms with Crippen molar-refractivity contribution in [2.75, 3.05) is 0 Å². The third-order valence-corrected chi connectivity index (χ3v) is 5.17. The lowest BCUT2D eigenvalue weighted by Gasteiger charge is -2.37. The van der Waals surface area contributed by atoms with Crippen molar-refractivity contribution in [1.29, 1.82) is 0 Å². The minimum atomic E-state index is -0.281. The Labute approximate surface area is 168 Å². The van der Waals surface area contributed by atoms with Gasteiger partial charge in [0, 0.05) is 11.1 Å². The van der Waals surface area contributed by atoms with Crippen molar-refractivity contribution >= 4 is 11.8 Å². The number of hydrogen-bond donors (Lipinski definition) is 1. The first-order valence-electron chi connectivity index (χ1n) is 9.84. The van der Waals surface area contributed by atoms with Gasteiger partial charge in [0.15, 0.2) is 0 Å². The van der Waals surface area contributed by atoms with E-state index in [1.54, 1.807) is 12.1 Å². The second kappa shape index (κ2) is 8.59. The zero-order valence-electron chi connectivity index (χ0n) is 18.1. The summed E-state index contributed by atoms with van der Waals surface area (Å²) in [6, 6.07) is 13.0. The van der Waals surface area contributed by atoms with E-state index in [0.29, 0.717) is 11.1 Å². The van der Waals surface area contributed by atoms with Crippen LogP contribution in [-0.4, -0.2) is 22.9 Å². The van der Waals surface area contributed by atoms with E-state index in [4.69, 9.17) is 0 Å². The molecule has 28 heavy (non-hydrogen) atoms. The van der Waals surface area contributed by atoms with Crippen LogP contribution in [-0.2, 0) is 6.42 Å². The maximum absolute atomic E-state index is 13.3. The Morgan fingerprint density at radius 3 is 1.96 bits per heavy atom. The molecule has 0 aliphatic heterocycles. The predicted octanol–water partition coefficient (Wildman–Crippen LogP) is 5.09. The maximum atomic E-state index is 13.3. The highest BCUT2D eigenvalue weighted by atomic mass is 16.2. The number of amides is 2. The molecule has 1 unspecified atom stereocenters. The summed E-state index contributed by atoms with van der Waals surface area (Å²) in [5, 5.41) is 1.48. The molecule has 0 fully saturated rings. The summed E-state index contributed by atoms with van der Waals surface area (Å²) in [7, 11) is 0. The number of rotatable bonds is 4. The van der Waals surface area contributed by atoms with Crippen LogP contribution in [0.25, 0.3) is 0 Å². The van der Waals surface area contributed by atoms with Crippen molar-refractivity contribution in [1.82, 2.24) is 10.4 Å². The highest BCUT2D eigenvalue weighted by Crippen LogP contribution is 2.25. The largest absolute Gasteiger partial charge is 0.272 e. The fraction of sp³-hybridized carbons (Fsp3) is 0.417. The molecule has 1 atom stereocenters. The van der Waals surface area contributed by atoms with Crippen molar-refractivity contribution in [3.8, 4) is 0 Å². The Balaban J connectivity index is 2.35. The van der Waals surface area contributed by atoms with Crippen LogP contribution in [0.15, 0.2) is 42.5 Å². The van der Waals surface area contributed by atoms with Gasteiger partial charge in [-0.2, -0.15) is 0 Å². The minimum Gasteiger partial charge on any atom is -0.267 e. The molecule has 2 amide bonds. The molecule has 4 heteroatoms. The maximum Gasteiger partial charge on any atom is 0.272 e. The standard InChI is InChI=1S/C24H32N2O2/c1-8-19-9-11-20(12-10-19)22(27)25-26(18(4)24(5,6)7)23(28)21-14-16(2)13-17(3)15-21/h9-15,18H,8H2,1-7H3,(H,25,27). The number of carbonyl (C=O) groups excluding carboxylic acids is 2. The van der Waals surface area contributed by atoms with Gasteiger partial charge in [0.1, 0.15) is 0 Å². The Hall–Kier alpha value is -2.62. The SMILES string of the molecule is CCc1ccc(C(=O)NN(C(=O)c2cc(C)cc(C)c2)C(C)C(C)(C)C)cc1. The molecule has 0 heterocycles. The van der Waals surface area contributed by atoms with E-state index >= 15 is 0 Å². The lowest BCUT2D eigenvalue weighted by atomic mass is 9.87. The molecule has 2 rings (SSSR count). The third kappa shape index (κ3) is 5.22. The van der Waals surface area contributed by atoms with Crippen LogP contribution in [0, 0.1) is 19.3 Å². The van der Waals surface area contributed by atoms with Crippen molar-refractivity contribution in [2.24, 2.45) is 5.41 Å². The van der Waals surface area contributed by atoms with E-state index in [-0.39, 0.29) is 23.3 Å². The van der Waals surface area contributed by atoms with E-state index < -0.39 is 0 Å². The molecule has 0 spiro atoms. The van der Waals surface area contributed by atoms with Gasteiger partial charge in [0.2, 0.25) is 0 Å². The summed E-state index contributed by atoms with van der Waals surface area (Å²) in [5.74, 6) is -0.482. The zero-order chi connectivity index (χ0) is 21.1. The first-order valence-corrected chi connectivity index (χ1v) is 9.84. The van der Waals surface area contributed by atoms with E-state index in [2.05, 4.69) is 33.1 Å². The normalized spacial score (nSPS) is 12.4. The molecule has 150 valence electrons. The molecule has 0 radical (unpaired) electrons. The van der Waals surface area contributed by atoms with Crippen molar-refractivity contribution in [3.05, 3.63) is 70.3 Å². The monoisotopic (exact) mass is 380 g/mol. The first-order chi connectivity index (χ1) is 13.0. The second-order valence-corrected chi connectivity index (χ2v) is 8.58. The van der Waals surface area contributed by atoms with Crippen LogP contribution in [0.3, 0.4) is 0 Å². The Morgan fingerprint density at radius 2 is 1.50 bits per heavy atom. The summed E-state index contributed by atoms with van der Waals surface area (Å²) >= 11 is 0. The molecular formula is C24H32N2O2. The van der Waals surface area contributed by atoms with Crippen molar-refractivity contribution in [3.63, 3.8) is 0 Å². The van der Waals surface area contributed by atoms with E-state index in [9.17, 15) is 9.59 Å². The number of carbonyl (C=O) groups is 2. The summed E-state index contributed by atoms with van der Waals surface area (Å²) in [4.78, 5) is 26.2. The fourth-order valence-electron chi connectivity index (χ4n) is 3.01. The van der Waals surface area contributed by atoms with Gasteiger partial charge in [0.05, 0.1) is 6.04 Å². The van der Waals surface area contributed by atoms with E-state index in [1.807, 2.05) is 51.1 Å². The summed E-state index contributed by atoms with van der Waals surface area (Å²) in [6.07, 6.45) is 0.917. The number of benzene rings is 2. The summed E-state index contributed by atoms with van der Waals surface area (Å²) < 4.78 is 0. The number of nitrogens with one attached hydrogen (secondary N) is 1. The molecule has 2 aromatic carbocycles. The van der Waals surface area contributed by atoms with E-state index in [1.165, 1.54) is 10.6 Å². The molecule has 0 aromatic heterocycles. The van der Waals surface area contributed by atoms with Crippen LogP contribution in [0.5, 0.6) is 0 Å². The molecule has 0 aliphatic carbocycles. The van der Waals surface area contributed by atoms with Gasteiger partial charge in [-0.25, -0.2) is 5.01 Å². The molecule has 0 bridgehead atoms. The van der Waals surface area contributed by atoms with Gasteiger partial charge >= 0.3 is 0 Å². The predicted molar refractivity (Wildman–Crippen MR) is 114 cm³/mol. The third-order valence-electron chi connectivity index (χ3n) is 5.17. The second-order valence-electron chi connectivity index (χ2n) is 8.58. The Morgan fingerprint density at radius 1 is 0.964 bits per heavy atom. The molecule has 1 N–H and O–H groups in total. The lowest BCUT2D eigenvalue weighted by Crippen LogP contribution is -2.55. The van der Waals surface area contributed by atoms with Crippen molar-refractivity contribution < 1.29 is 9.59 Å². The highest BCUT2D eigenvalue weighted by Gasteiger charge is 2.32. The van der Waals surface area contributed by atoms with Gasteiger partial charge in [-0.15, -0.1) is 0 Å². The number of nitrogens with zero attached hydrogens (tertiary/aromatic N) is 1. The summed E-state index contributed by atoms with van der Waals surface area (Å²) in [5.41, 5.74) is 6.99. The van der Waals surface area contributed by atoms with Gasteiger partial charge in [0.25, 0.3) is 11.8 Å². The lowest BCUT2D eigenvalue weighted by molar-refractivity contribution is 0.0337. The van der Waals surface area contributed by atoms with Gasteiger partial charge in [-0.05, 0) is 62.4 Å². The van der Waals surface area contributed by atoms with E-state index in [0.717, 1.165) is 17.5 Å². The topological polar surface area (TPSA) is 49.4 Å². The highest BCUT2D eigenvalue weighted by molar-refractivity contribution is 5.99. The minimum absolute atomic E-state index is 0.195. The average Bonchev–Trinajstić information content (AvgIpc) is 2.63. The molecular weight excluding hydrogens is 348 g/mol. The van der Waals surface area contributed by atoms with Crippen molar-refractivity contribution in [2.45, 2.75) is 60.9 Å². The van der Waals surface area contributed by atoms with Gasteiger partial charge in [-0.3, -0.25) is 15.0 Å². The Kier molecular flexibility index (Phi) is 6.65. The number of hydrazine groups is 1. The van der Waals surface area contributed by atoms with Gasteiger partial charge < -0.3 is 0 Å². The first kappa shape index (κ1) is 21.7. The van der Waals surface area contributed by atoms with Crippen LogP contribution in [0.2, 0.25) is 0 Å². The number of aryl methyl sites for hydroxylation is 3. The Bertz CT molecular complexity index is 828. The van der Waals surface area contributed by atoms with Crippen LogP contribution >= 0.6 is 0 Å². The average molecular weight is 381 g/mol. The van der Waals surface area contributed by atoms with Crippen LogP contribution < -0.4 is 5.43 Å². The molecule has 0 saturated carbocycles. The molecule has 0 aliphatic rings. The van der Waals surface area contributed by atoms with Crippen LogP contribution in [0.1, 0.15) is 72.0 Å².